The third kappa shape index (κ3) is 5.05. The summed E-state index contributed by atoms with van der Waals surface area (Å²) in [6.45, 7) is 0. The van der Waals surface area contributed by atoms with Crippen molar-refractivity contribution < 1.29 is 40.8 Å². The first-order chi connectivity index (χ1) is 8.99. The zero-order valence-electron chi connectivity index (χ0n) is 9.66. The van der Waals surface area contributed by atoms with E-state index in [1.54, 1.807) is 0 Å². The van der Waals surface area contributed by atoms with Crippen molar-refractivity contribution in [2.24, 2.45) is 0 Å². The number of ether oxygens (including phenoxy) is 1. The number of aromatic hydroxyl groups is 1. The SMILES string of the molecule is O=C(OC(CS(=O)(=O)O)C(F)(F)F)c1ccc(O)cc1. The van der Waals surface area contributed by atoms with Gasteiger partial charge in [0.05, 0.1) is 5.56 Å². The van der Waals surface area contributed by atoms with Crippen molar-refractivity contribution in [1.82, 2.24) is 0 Å². The van der Waals surface area contributed by atoms with Crippen LogP contribution in [0.5, 0.6) is 5.75 Å². The van der Waals surface area contributed by atoms with Crippen LogP contribution < -0.4 is 0 Å². The highest BCUT2D eigenvalue weighted by Gasteiger charge is 2.45. The van der Waals surface area contributed by atoms with Crippen LogP contribution in [0.3, 0.4) is 0 Å². The van der Waals surface area contributed by atoms with Gasteiger partial charge in [-0.25, -0.2) is 4.79 Å². The van der Waals surface area contributed by atoms with Gasteiger partial charge in [-0.1, -0.05) is 0 Å². The van der Waals surface area contributed by atoms with E-state index in [0.717, 1.165) is 24.3 Å². The molecule has 0 aliphatic rings. The maximum Gasteiger partial charge on any atom is 0.426 e. The first-order valence-electron chi connectivity index (χ1n) is 5.01. The molecule has 0 aliphatic heterocycles. The standard InChI is InChI=1S/C10H9F3O6S/c11-10(12,13)8(5-20(16,17)18)19-9(15)6-1-3-7(14)4-2-6/h1-4,8,14H,5H2,(H,16,17,18). The first-order valence-corrected chi connectivity index (χ1v) is 6.62. The number of hydrogen-bond acceptors (Lipinski definition) is 5. The molecular formula is C10H9F3O6S. The molecule has 0 spiro atoms. The number of hydrogen-bond donors (Lipinski definition) is 2. The summed E-state index contributed by atoms with van der Waals surface area (Å²) in [6.07, 6.45) is -8.14. The number of phenols is 1. The molecule has 0 saturated carbocycles. The fourth-order valence-electron chi connectivity index (χ4n) is 1.18. The van der Waals surface area contributed by atoms with E-state index in [4.69, 9.17) is 9.66 Å². The Hall–Kier alpha value is -1.81. The van der Waals surface area contributed by atoms with E-state index < -0.39 is 34.1 Å². The lowest BCUT2D eigenvalue weighted by molar-refractivity contribution is -0.197. The number of carbonyl (C=O) groups is 1. The Labute approximate surface area is 111 Å². The van der Waals surface area contributed by atoms with Gasteiger partial charge in [-0.2, -0.15) is 21.6 Å². The Morgan fingerprint density at radius 2 is 1.75 bits per heavy atom. The largest absolute Gasteiger partial charge is 0.508 e. The lowest BCUT2D eigenvalue weighted by Crippen LogP contribution is -2.39. The second-order valence-electron chi connectivity index (χ2n) is 3.73. The molecule has 112 valence electrons. The van der Waals surface area contributed by atoms with E-state index in [-0.39, 0.29) is 11.3 Å². The molecule has 2 N–H and O–H groups in total. The van der Waals surface area contributed by atoms with Gasteiger partial charge in [0.25, 0.3) is 10.1 Å². The predicted octanol–water partition coefficient (Wildman–Crippen LogP) is 1.37. The van der Waals surface area contributed by atoms with Crippen LogP contribution in [0.2, 0.25) is 0 Å². The highest BCUT2D eigenvalue weighted by atomic mass is 32.2. The minimum absolute atomic E-state index is 0.216. The van der Waals surface area contributed by atoms with Gasteiger partial charge in [-0.15, -0.1) is 0 Å². The zero-order chi connectivity index (χ0) is 15.6. The smallest absolute Gasteiger partial charge is 0.426 e. The average Bonchev–Trinajstić information content (AvgIpc) is 2.25. The molecule has 1 aromatic carbocycles. The van der Waals surface area contributed by atoms with Crippen LogP contribution in [0.15, 0.2) is 24.3 Å². The van der Waals surface area contributed by atoms with Crippen molar-refractivity contribution in [3.63, 3.8) is 0 Å². The summed E-state index contributed by atoms with van der Waals surface area (Å²) in [5, 5.41) is 8.96. The van der Waals surface area contributed by atoms with E-state index in [1.807, 2.05) is 0 Å². The summed E-state index contributed by atoms with van der Waals surface area (Å²) in [5.74, 6) is -3.44. The Morgan fingerprint density at radius 3 is 2.15 bits per heavy atom. The normalized spacial score (nSPS) is 13.8. The van der Waals surface area contributed by atoms with Gasteiger partial charge in [0.2, 0.25) is 6.10 Å². The molecule has 1 rings (SSSR count). The zero-order valence-corrected chi connectivity index (χ0v) is 10.5. The molecule has 0 aromatic heterocycles. The van der Waals surface area contributed by atoms with Gasteiger partial charge in [0.1, 0.15) is 11.5 Å². The maximum atomic E-state index is 12.5. The van der Waals surface area contributed by atoms with Gasteiger partial charge >= 0.3 is 12.1 Å². The van der Waals surface area contributed by atoms with Gasteiger partial charge in [0.15, 0.2) is 0 Å². The second kappa shape index (κ2) is 5.67. The molecule has 0 saturated heterocycles. The van der Waals surface area contributed by atoms with E-state index in [1.165, 1.54) is 0 Å². The number of halogens is 3. The Balaban J connectivity index is 2.90. The Morgan fingerprint density at radius 1 is 1.25 bits per heavy atom. The monoisotopic (exact) mass is 314 g/mol. The molecule has 0 fully saturated rings. The molecule has 1 atom stereocenters. The van der Waals surface area contributed by atoms with Crippen LogP contribution in [-0.4, -0.2) is 42.1 Å². The van der Waals surface area contributed by atoms with Crippen molar-refractivity contribution >= 4 is 16.1 Å². The van der Waals surface area contributed by atoms with Gasteiger partial charge in [0, 0.05) is 0 Å². The molecule has 0 radical (unpaired) electrons. The highest BCUT2D eigenvalue weighted by molar-refractivity contribution is 7.85. The third-order valence-corrected chi connectivity index (χ3v) is 2.80. The summed E-state index contributed by atoms with van der Waals surface area (Å²) in [7, 11) is -4.98. The van der Waals surface area contributed by atoms with Crippen molar-refractivity contribution in [1.29, 1.82) is 0 Å². The number of rotatable bonds is 4. The molecular weight excluding hydrogens is 305 g/mol. The molecule has 0 amide bonds. The number of benzene rings is 1. The summed E-state index contributed by atoms with van der Waals surface area (Å²) in [4.78, 5) is 11.4. The summed E-state index contributed by atoms with van der Waals surface area (Å²) in [6, 6.07) is 4.08. The minimum Gasteiger partial charge on any atom is -0.508 e. The highest BCUT2D eigenvalue weighted by Crippen LogP contribution is 2.25. The summed E-state index contributed by atoms with van der Waals surface area (Å²) in [5.41, 5.74) is -0.313. The molecule has 6 nitrogen and oxygen atoms in total. The first kappa shape index (κ1) is 16.2. The van der Waals surface area contributed by atoms with Crippen molar-refractivity contribution in [2.75, 3.05) is 5.75 Å². The lowest BCUT2D eigenvalue weighted by Gasteiger charge is -2.19. The number of alkyl halides is 3. The Bertz CT molecular complexity index is 578. The van der Waals surface area contributed by atoms with Crippen LogP contribution >= 0.6 is 0 Å². The van der Waals surface area contributed by atoms with E-state index in [9.17, 15) is 26.4 Å². The molecule has 10 heteroatoms. The van der Waals surface area contributed by atoms with Crippen LogP contribution in [-0.2, 0) is 14.9 Å². The fraction of sp³-hybridized carbons (Fsp3) is 0.300. The van der Waals surface area contributed by atoms with E-state index >= 15 is 0 Å². The quantitative estimate of drug-likeness (QED) is 0.643. The average molecular weight is 314 g/mol. The van der Waals surface area contributed by atoms with Crippen molar-refractivity contribution in [2.45, 2.75) is 12.3 Å². The minimum atomic E-state index is -5.15. The maximum absolute atomic E-state index is 12.5. The lowest BCUT2D eigenvalue weighted by atomic mass is 10.2. The van der Waals surface area contributed by atoms with E-state index in [2.05, 4.69) is 4.74 Å². The molecule has 1 unspecified atom stereocenters. The number of phenolic OH excluding ortho intramolecular Hbond substituents is 1. The van der Waals surface area contributed by atoms with Crippen LogP contribution in [0.1, 0.15) is 10.4 Å². The number of carbonyl (C=O) groups excluding carboxylic acids is 1. The van der Waals surface area contributed by atoms with Crippen molar-refractivity contribution in [3.05, 3.63) is 29.8 Å². The van der Waals surface area contributed by atoms with Crippen LogP contribution in [0.25, 0.3) is 0 Å². The van der Waals surface area contributed by atoms with Crippen LogP contribution in [0, 0.1) is 0 Å². The third-order valence-electron chi connectivity index (χ3n) is 2.08. The molecule has 20 heavy (non-hydrogen) atoms. The summed E-state index contributed by atoms with van der Waals surface area (Å²) < 4.78 is 70.9. The Kier molecular flexibility index (Phi) is 4.61. The summed E-state index contributed by atoms with van der Waals surface area (Å²) >= 11 is 0. The number of esters is 1. The molecule has 0 bridgehead atoms. The predicted molar refractivity (Wildman–Crippen MR) is 59.8 cm³/mol. The van der Waals surface area contributed by atoms with Gasteiger partial charge < -0.3 is 9.84 Å². The topological polar surface area (TPSA) is 101 Å². The molecule has 1 aromatic rings. The van der Waals surface area contributed by atoms with Gasteiger partial charge in [-0.05, 0) is 24.3 Å². The van der Waals surface area contributed by atoms with E-state index in [0.29, 0.717) is 0 Å². The second-order valence-corrected chi connectivity index (χ2v) is 5.23. The van der Waals surface area contributed by atoms with Crippen LogP contribution in [0.4, 0.5) is 13.2 Å². The molecule has 0 heterocycles. The van der Waals surface area contributed by atoms with Crippen molar-refractivity contribution in [3.8, 4) is 5.75 Å². The fourth-order valence-corrected chi connectivity index (χ4v) is 1.82. The molecule has 0 aliphatic carbocycles. The van der Waals surface area contributed by atoms with Gasteiger partial charge in [-0.3, -0.25) is 4.55 Å².